The van der Waals surface area contributed by atoms with Crippen molar-refractivity contribution in [3.05, 3.63) is 88.1 Å². The Morgan fingerprint density at radius 1 is 1.03 bits per heavy atom. The molecular formula is C32H47N. The molecule has 2 rings (SSSR count). The molecule has 0 atom stereocenters. The van der Waals surface area contributed by atoms with Gasteiger partial charge in [0, 0.05) is 7.05 Å². The zero-order valence-electron chi connectivity index (χ0n) is 22.7. The molecule has 0 aromatic heterocycles. The Kier molecular flexibility index (Phi) is 15.5. The van der Waals surface area contributed by atoms with Crippen molar-refractivity contribution < 1.29 is 0 Å². The van der Waals surface area contributed by atoms with Crippen LogP contribution in [-0.4, -0.2) is 7.05 Å². The van der Waals surface area contributed by atoms with Crippen molar-refractivity contribution in [3.63, 3.8) is 0 Å². The van der Waals surface area contributed by atoms with E-state index in [1.165, 1.54) is 33.4 Å². The van der Waals surface area contributed by atoms with Gasteiger partial charge in [-0.25, -0.2) is 0 Å². The van der Waals surface area contributed by atoms with Crippen molar-refractivity contribution in [1.29, 1.82) is 0 Å². The first kappa shape index (κ1) is 30.3. The van der Waals surface area contributed by atoms with Gasteiger partial charge in [-0.3, -0.25) is 0 Å². The van der Waals surface area contributed by atoms with Crippen LogP contribution >= 0.6 is 0 Å². The van der Waals surface area contributed by atoms with Gasteiger partial charge in [0.05, 0.1) is 5.70 Å². The fourth-order valence-corrected chi connectivity index (χ4v) is 3.43. The van der Waals surface area contributed by atoms with E-state index in [1.807, 2.05) is 20.9 Å². The minimum absolute atomic E-state index is 0.671. The molecule has 2 aromatic rings. The van der Waals surface area contributed by atoms with E-state index in [9.17, 15) is 0 Å². The van der Waals surface area contributed by atoms with Gasteiger partial charge in [-0.2, -0.15) is 0 Å². The van der Waals surface area contributed by atoms with Crippen LogP contribution < -0.4 is 5.32 Å². The van der Waals surface area contributed by atoms with Gasteiger partial charge in [0.1, 0.15) is 0 Å². The third-order valence-corrected chi connectivity index (χ3v) is 5.90. The molecule has 0 amide bonds. The second-order valence-electron chi connectivity index (χ2n) is 8.38. The van der Waals surface area contributed by atoms with Crippen LogP contribution in [0.2, 0.25) is 0 Å². The predicted octanol–water partition coefficient (Wildman–Crippen LogP) is 8.56. The van der Waals surface area contributed by atoms with E-state index < -0.39 is 0 Å². The van der Waals surface area contributed by atoms with Crippen LogP contribution in [0.4, 0.5) is 0 Å². The van der Waals surface area contributed by atoms with Crippen molar-refractivity contribution in [2.24, 2.45) is 5.92 Å². The topological polar surface area (TPSA) is 12.0 Å². The molecule has 0 spiro atoms. The molecule has 33 heavy (non-hydrogen) atoms. The lowest BCUT2D eigenvalue weighted by molar-refractivity contribution is 0.736. The van der Waals surface area contributed by atoms with Crippen LogP contribution in [0.3, 0.4) is 0 Å². The van der Waals surface area contributed by atoms with E-state index in [2.05, 4.69) is 102 Å². The summed E-state index contributed by atoms with van der Waals surface area (Å²) in [5.41, 5.74) is 10.1. The summed E-state index contributed by atoms with van der Waals surface area (Å²) >= 11 is 0. The normalized spacial score (nSPS) is 10.7. The zero-order chi connectivity index (χ0) is 25.4. The van der Waals surface area contributed by atoms with Crippen LogP contribution in [-0.2, 0) is 19.3 Å². The number of terminal acetylenes is 1. The molecule has 0 saturated heterocycles. The Morgan fingerprint density at radius 3 is 2.09 bits per heavy atom. The summed E-state index contributed by atoms with van der Waals surface area (Å²) in [5, 5.41) is 3.09. The average Bonchev–Trinajstić information content (AvgIpc) is 2.85. The number of benzene rings is 2. The van der Waals surface area contributed by atoms with Crippen molar-refractivity contribution in [1.82, 2.24) is 5.32 Å². The summed E-state index contributed by atoms with van der Waals surface area (Å²) < 4.78 is 0. The van der Waals surface area contributed by atoms with Gasteiger partial charge in [0.25, 0.3) is 0 Å². The van der Waals surface area contributed by atoms with E-state index >= 15 is 0 Å². The highest BCUT2D eigenvalue weighted by Gasteiger charge is 2.04. The molecule has 2 aromatic carbocycles. The van der Waals surface area contributed by atoms with Gasteiger partial charge in [-0.05, 0) is 78.8 Å². The Bertz CT molecular complexity index is 922. The van der Waals surface area contributed by atoms with Gasteiger partial charge in [-0.1, -0.05) is 102 Å². The molecule has 0 radical (unpaired) electrons. The fraction of sp³-hybridized carbons (Fsp3) is 0.438. The molecule has 0 heterocycles. The van der Waals surface area contributed by atoms with Crippen LogP contribution in [0.15, 0.2) is 60.3 Å². The minimum Gasteiger partial charge on any atom is -0.381 e. The molecule has 180 valence electrons. The van der Waals surface area contributed by atoms with Crippen LogP contribution in [0.1, 0.15) is 82.7 Å². The maximum atomic E-state index is 5.56. The molecule has 0 aliphatic rings. The standard InChI is InChI=1S/C23H27N.C7H14.C2H6/c1-6-21-15-20(12-11-17(21)3)14-13-19-9-8-10-22(16-19)18(4)23(7-2)24-5;1-5-7(4)6(2)3;1-2/h2,8-12,15-16,24H,6,13-14H2,1,3-5H3;6H,4-5H2,1-3H3;1-2H3/b23-18+;;. The van der Waals surface area contributed by atoms with Gasteiger partial charge in [0.2, 0.25) is 0 Å². The number of hydrogen-bond donors (Lipinski definition) is 1. The lowest BCUT2D eigenvalue weighted by Crippen LogP contribution is -2.06. The third-order valence-electron chi connectivity index (χ3n) is 5.90. The molecule has 0 unspecified atom stereocenters. The highest BCUT2D eigenvalue weighted by molar-refractivity contribution is 5.70. The molecule has 1 heteroatoms. The summed E-state index contributed by atoms with van der Waals surface area (Å²) in [6, 6.07) is 15.5. The second kappa shape index (κ2) is 16.8. The summed E-state index contributed by atoms with van der Waals surface area (Å²) in [4.78, 5) is 0. The highest BCUT2D eigenvalue weighted by Crippen LogP contribution is 2.20. The predicted molar refractivity (Wildman–Crippen MR) is 151 cm³/mol. The quantitative estimate of drug-likeness (QED) is 0.317. The molecule has 0 aliphatic carbocycles. The van der Waals surface area contributed by atoms with Crippen molar-refractivity contribution in [3.8, 4) is 12.3 Å². The highest BCUT2D eigenvalue weighted by atomic mass is 14.8. The van der Waals surface area contributed by atoms with Gasteiger partial charge in [-0.15, -0.1) is 6.42 Å². The first-order valence-electron chi connectivity index (χ1n) is 12.5. The third kappa shape index (κ3) is 10.6. The Labute approximate surface area is 205 Å². The first-order valence-corrected chi connectivity index (χ1v) is 12.5. The van der Waals surface area contributed by atoms with Crippen LogP contribution in [0.25, 0.3) is 5.57 Å². The van der Waals surface area contributed by atoms with E-state index in [0.29, 0.717) is 5.92 Å². The summed E-state index contributed by atoms with van der Waals surface area (Å²) in [6.07, 6.45) is 9.88. The summed E-state index contributed by atoms with van der Waals surface area (Å²) in [6.45, 7) is 20.8. The van der Waals surface area contributed by atoms with Crippen molar-refractivity contribution in [2.45, 2.75) is 81.1 Å². The van der Waals surface area contributed by atoms with Crippen molar-refractivity contribution in [2.75, 3.05) is 7.05 Å². The number of rotatable bonds is 8. The summed E-state index contributed by atoms with van der Waals surface area (Å²) in [7, 11) is 1.87. The SMILES string of the molecule is C#C/C(NC)=C(/C)c1cccc(CCc2ccc(C)c(CC)c2)c1.C=C(CC)C(C)C.CC. The maximum Gasteiger partial charge on any atom is 0.0883 e. The molecular weight excluding hydrogens is 398 g/mol. The molecule has 1 N–H and O–H groups in total. The monoisotopic (exact) mass is 445 g/mol. The van der Waals surface area contributed by atoms with E-state index in [1.54, 1.807) is 0 Å². The lowest BCUT2D eigenvalue weighted by atomic mass is 9.97. The Balaban J connectivity index is 0.000000973. The van der Waals surface area contributed by atoms with E-state index in [-0.39, 0.29) is 0 Å². The largest absolute Gasteiger partial charge is 0.381 e. The van der Waals surface area contributed by atoms with E-state index in [4.69, 9.17) is 6.42 Å². The minimum atomic E-state index is 0.671. The molecule has 0 saturated carbocycles. The molecule has 0 aliphatic heterocycles. The number of aryl methyl sites for hydroxylation is 4. The van der Waals surface area contributed by atoms with Crippen LogP contribution in [0.5, 0.6) is 0 Å². The van der Waals surface area contributed by atoms with E-state index in [0.717, 1.165) is 37.0 Å². The van der Waals surface area contributed by atoms with Crippen LogP contribution in [0, 0.1) is 25.2 Å². The second-order valence-corrected chi connectivity index (χ2v) is 8.38. The zero-order valence-corrected chi connectivity index (χ0v) is 22.7. The van der Waals surface area contributed by atoms with Crippen molar-refractivity contribution >= 4 is 5.57 Å². The molecule has 0 bridgehead atoms. The molecule has 0 fully saturated rings. The van der Waals surface area contributed by atoms with Gasteiger partial charge in [0.15, 0.2) is 0 Å². The molecule has 1 nitrogen and oxygen atoms in total. The van der Waals surface area contributed by atoms with Gasteiger partial charge < -0.3 is 5.32 Å². The Hall–Kier alpha value is -2.72. The smallest absolute Gasteiger partial charge is 0.0883 e. The summed E-state index contributed by atoms with van der Waals surface area (Å²) in [5.74, 6) is 3.39. The number of hydrogen-bond acceptors (Lipinski definition) is 1. The van der Waals surface area contributed by atoms with Gasteiger partial charge >= 0.3 is 0 Å². The fourth-order valence-electron chi connectivity index (χ4n) is 3.43. The number of nitrogens with one attached hydrogen (secondary N) is 1. The number of allylic oxidation sites excluding steroid dienone is 3. The maximum absolute atomic E-state index is 5.56. The average molecular weight is 446 g/mol. The lowest BCUT2D eigenvalue weighted by Gasteiger charge is -2.10. The Morgan fingerprint density at radius 2 is 1.64 bits per heavy atom. The first-order chi connectivity index (χ1) is 15.8.